The first-order chi connectivity index (χ1) is 18.0. The number of hydrogen-bond acceptors (Lipinski definition) is 8. The number of piperazine rings is 1. The van der Waals surface area contributed by atoms with Crippen LogP contribution in [0.4, 0.5) is 5.82 Å². The van der Waals surface area contributed by atoms with E-state index in [0.29, 0.717) is 11.6 Å². The molecule has 0 radical (unpaired) electrons. The Bertz CT molecular complexity index is 1450. The maximum absolute atomic E-state index is 12.5. The molecule has 0 aliphatic carbocycles. The Kier molecular flexibility index (Phi) is 7.36. The molecule has 0 atom stereocenters. The van der Waals surface area contributed by atoms with Gasteiger partial charge in [-0.05, 0) is 30.0 Å². The van der Waals surface area contributed by atoms with Crippen LogP contribution in [0.25, 0.3) is 22.0 Å². The zero-order valence-corrected chi connectivity index (χ0v) is 20.7. The van der Waals surface area contributed by atoms with Crippen LogP contribution in [0.15, 0.2) is 71.8 Å². The van der Waals surface area contributed by atoms with Crippen molar-refractivity contribution in [3.05, 3.63) is 77.3 Å². The van der Waals surface area contributed by atoms with Gasteiger partial charge in [0.1, 0.15) is 25.3 Å². The summed E-state index contributed by atoms with van der Waals surface area (Å²) in [5.74, 6) is 0.965. The summed E-state index contributed by atoms with van der Waals surface area (Å²) < 4.78 is 6.88. The van der Waals surface area contributed by atoms with Crippen molar-refractivity contribution in [3.8, 4) is 17.1 Å². The maximum atomic E-state index is 12.5. The van der Waals surface area contributed by atoms with Gasteiger partial charge in [-0.15, -0.1) is 0 Å². The van der Waals surface area contributed by atoms with Crippen LogP contribution in [0, 0.1) is 0 Å². The molecule has 0 bridgehead atoms. The molecule has 4 aromatic rings. The van der Waals surface area contributed by atoms with Gasteiger partial charge in [0.05, 0.1) is 12.2 Å². The van der Waals surface area contributed by atoms with E-state index in [9.17, 15) is 9.59 Å². The molecule has 10 nitrogen and oxygen atoms in total. The standard InChI is InChI=1S/C27H29N7O3/c1-32-11-13-33(14-12-32)24-17-26(30-19-29-24)37-15-10-28-25(35)18-34-27(36)9-8-23(31-34)22-7-6-20-4-2-3-5-21(20)16-22/h2-9,16-17,19H,10-15,18H2,1H3,(H,28,35). The lowest BCUT2D eigenvalue weighted by Gasteiger charge is -2.33. The number of nitrogens with zero attached hydrogens (tertiary/aromatic N) is 6. The molecule has 0 spiro atoms. The minimum Gasteiger partial charge on any atom is -0.476 e. The van der Waals surface area contributed by atoms with Crippen molar-refractivity contribution in [1.82, 2.24) is 30.0 Å². The largest absolute Gasteiger partial charge is 0.476 e. The van der Waals surface area contributed by atoms with Crippen LogP contribution in [0.2, 0.25) is 0 Å². The molecule has 2 aromatic carbocycles. The molecule has 3 heterocycles. The molecular weight excluding hydrogens is 470 g/mol. The topological polar surface area (TPSA) is 105 Å². The van der Waals surface area contributed by atoms with E-state index in [1.54, 1.807) is 6.07 Å². The van der Waals surface area contributed by atoms with Crippen molar-refractivity contribution in [2.24, 2.45) is 0 Å². The summed E-state index contributed by atoms with van der Waals surface area (Å²) in [5.41, 5.74) is 1.16. The van der Waals surface area contributed by atoms with Gasteiger partial charge < -0.3 is 19.9 Å². The Hall–Kier alpha value is -4.31. The molecular formula is C27H29N7O3. The highest BCUT2D eigenvalue weighted by molar-refractivity contribution is 5.86. The molecule has 1 amide bonds. The van der Waals surface area contributed by atoms with Gasteiger partial charge >= 0.3 is 0 Å². The lowest BCUT2D eigenvalue weighted by molar-refractivity contribution is -0.122. The first kappa shape index (κ1) is 24.4. The average molecular weight is 500 g/mol. The molecule has 2 aromatic heterocycles. The highest BCUT2D eigenvalue weighted by atomic mass is 16.5. The minimum absolute atomic E-state index is 0.179. The van der Waals surface area contributed by atoms with Crippen LogP contribution < -0.4 is 20.5 Å². The fraction of sp³-hybridized carbons (Fsp3) is 0.296. The van der Waals surface area contributed by atoms with Crippen molar-refractivity contribution < 1.29 is 9.53 Å². The van der Waals surface area contributed by atoms with Crippen molar-refractivity contribution in [3.63, 3.8) is 0 Å². The highest BCUT2D eigenvalue weighted by Crippen LogP contribution is 2.22. The number of amides is 1. The van der Waals surface area contributed by atoms with Crippen molar-refractivity contribution in [1.29, 1.82) is 0 Å². The third kappa shape index (κ3) is 6.10. The molecule has 0 saturated carbocycles. The number of ether oxygens (including phenoxy) is 1. The molecule has 1 N–H and O–H groups in total. The van der Waals surface area contributed by atoms with E-state index in [0.717, 1.165) is 48.3 Å². The Balaban J connectivity index is 1.14. The van der Waals surface area contributed by atoms with Gasteiger partial charge in [0.25, 0.3) is 5.56 Å². The SMILES string of the molecule is CN1CCN(c2cc(OCCNC(=O)Cn3nc(-c4ccc5ccccc5c4)ccc3=O)ncn2)CC1. The van der Waals surface area contributed by atoms with Crippen molar-refractivity contribution >= 4 is 22.5 Å². The van der Waals surface area contributed by atoms with Crippen LogP contribution in [0.3, 0.4) is 0 Å². The molecule has 1 aliphatic heterocycles. The van der Waals surface area contributed by atoms with Gasteiger partial charge in [-0.25, -0.2) is 14.6 Å². The number of benzene rings is 2. The van der Waals surface area contributed by atoms with Gasteiger partial charge in [-0.2, -0.15) is 5.10 Å². The second-order valence-electron chi connectivity index (χ2n) is 8.98. The van der Waals surface area contributed by atoms with Crippen molar-refractivity contribution in [2.75, 3.05) is 51.3 Å². The summed E-state index contributed by atoms with van der Waals surface area (Å²) in [5, 5.41) is 9.39. The zero-order valence-electron chi connectivity index (χ0n) is 20.7. The van der Waals surface area contributed by atoms with Crippen LogP contribution in [-0.4, -0.2) is 76.9 Å². The molecule has 0 unspecified atom stereocenters. The van der Waals surface area contributed by atoms with E-state index < -0.39 is 0 Å². The number of carbonyl (C=O) groups is 1. The summed E-state index contributed by atoms with van der Waals surface area (Å²) in [4.78, 5) is 37.8. The molecule has 1 saturated heterocycles. The summed E-state index contributed by atoms with van der Waals surface area (Å²) in [6.45, 7) is 4.10. The van der Waals surface area contributed by atoms with Crippen LogP contribution in [0.1, 0.15) is 0 Å². The van der Waals surface area contributed by atoms with Crippen LogP contribution in [-0.2, 0) is 11.3 Å². The van der Waals surface area contributed by atoms with Crippen LogP contribution in [0.5, 0.6) is 5.88 Å². The zero-order chi connectivity index (χ0) is 25.6. The maximum Gasteiger partial charge on any atom is 0.267 e. The van der Waals surface area contributed by atoms with E-state index in [4.69, 9.17) is 4.74 Å². The molecule has 37 heavy (non-hydrogen) atoms. The Morgan fingerprint density at radius 2 is 1.78 bits per heavy atom. The second kappa shape index (κ2) is 11.2. The Labute approximate surface area is 214 Å². The summed E-state index contributed by atoms with van der Waals surface area (Å²) >= 11 is 0. The highest BCUT2D eigenvalue weighted by Gasteiger charge is 2.16. The lowest BCUT2D eigenvalue weighted by atomic mass is 10.1. The number of aromatic nitrogens is 4. The van der Waals surface area contributed by atoms with E-state index in [-0.39, 0.29) is 31.2 Å². The molecule has 10 heteroatoms. The second-order valence-corrected chi connectivity index (χ2v) is 8.98. The van der Waals surface area contributed by atoms with Gasteiger partial charge in [0.15, 0.2) is 0 Å². The van der Waals surface area contributed by atoms with E-state index in [2.05, 4.69) is 37.2 Å². The molecule has 1 aliphatic rings. The van der Waals surface area contributed by atoms with Crippen molar-refractivity contribution in [2.45, 2.75) is 6.54 Å². The minimum atomic E-state index is -0.339. The number of likely N-dealkylation sites (N-methyl/N-ethyl adjacent to an activating group) is 1. The molecule has 5 rings (SSSR count). The van der Waals surface area contributed by atoms with E-state index >= 15 is 0 Å². The number of fused-ring (bicyclic) bond motifs is 1. The third-order valence-electron chi connectivity index (χ3n) is 6.33. The molecule has 190 valence electrons. The predicted octanol–water partition coefficient (Wildman–Crippen LogP) is 1.80. The quantitative estimate of drug-likeness (QED) is 0.366. The fourth-order valence-corrected chi connectivity index (χ4v) is 4.22. The fourth-order valence-electron chi connectivity index (χ4n) is 4.22. The third-order valence-corrected chi connectivity index (χ3v) is 6.33. The van der Waals surface area contributed by atoms with E-state index in [1.165, 1.54) is 17.1 Å². The van der Waals surface area contributed by atoms with Gasteiger partial charge in [0, 0.05) is 43.9 Å². The van der Waals surface area contributed by atoms with E-state index in [1.807, 2.05) is 48.5 Å². The lowest BCUT2D eigenvalue weighted by Crippen LogP contribution is -2.44. The summed E-state index contributed by atoms with van der Waals surface area (Å²) in [7, 11) is 2.11. The summed E-state index contributed by atoms with van der Waals surface area (Å²) in [6, 6.07) is 18.9. The number of rotatable bonds is 8. The normalized spacial score (nSPS) is 14.0. The first-order valence-corrected chi connectivity index (χ1v) is 12.3. The smallest absolute Gasteiger partial charge is 0.267 e. The Morgan fingerprint density at radius 1 is 0.973 bits per heavy atom. The molecule has 1 fully saturated rings. The van der Waals surface area contributed by atoms with Gasteiger partial charge in [0.2, 0.25) is 11.8 Å². The Morgan fingerprint density at radius 3 is 2.62 bits per heavy atom. The summed E-state index contributed by atoms with van der Waals surface area (Å²) in [6.07, 6.45) is 1.49. The number of anilines is 1. The number of hydrogen-bond donors (Lipinski definition) is 1. The first-order valence-electron chi connectivity index (χ1n) is 12.3. The number of carbonyl (C=O) groups excluding carboxylic acids is 1. The monoisotopic (exact) mass is 499 g/mol. The average Bonchev–Trinajstić information content (AvgIpc) is 2.92. The van der Waals surface area contributed by atoms with Crippen LogP contribution >= 0.6 is 0 Å². The van der Waals surface area contributed by atoms with Gasteiger partial charge in [-0.1, -0.05) is 36.4 Å². The number of nitrogens with one attached hydrogen (secondary N) is 1. The van der Waals surface area contributed by atoms with Gasteiger partial charge in [-0.3, -0.25) is 9.59 Å². The predicted molar refractivity (Wildman–Crippen MR) is 142 cm³/mol.